The van der Waals surface area contributed by atoms with Gasteiger partial charge in [0.15, 0.2) is 0 Å². The van der Waals surface area contributed by atoms with E-state index in [1.54, 1.807) is 12.4 Å². The van der Waals surface area contributed by atoms with Crippen LogP contribution in [0.15, 0.2) is 29.0 Å². The van der Waals surface area contributed by atoms with E-state index in [9.17, 15) is 0 Å². The molecule has 0 bridgehead atoms. The average molecular weight is 320 g/mol. The molecule has 0 atom stereocenters. The number of hydrogen-bond donors (Lipinski definition) is 1. The average Bonchev–Trinajstić information content (AvgIpc) is 2.84. The van der Waals surface area contributed by atoms with Crippen molar-refractivity contribution < 1.29 is 0 Å². The lowest BCUT2D eigenvalue weighted by Gasteiger charge is -2.09. The van der Waals surface area contributed by atoms with Crippen LogP contribution in [0.1, 0.15) is 24.7 Å². The fraction of sp³-hybridized carbons (Fsp3) is 0.308. The standard InChI is InChI=1S/C13H14BrN5/c1-2-5-19-13(17-9-18-19)8-16-12-6-11(14)4-3-10(12)7-15/h3-4,6,9,16H,2,5,8H2,1H3. The van der Waals surface area contributed by atoms with Crippen molar-refractivity contribution in [1.29, 1.82) is 5.26 Å². The minimum Gasteiger partial charge on any atom is -0.377 e. The van der Waals surface area contributed by atoms with Crippen LogP contribution in [0.4, 0.5) is 5.69 Å². The number of nitriles is 1. The molecule has 0 aliphatic carbocycles. The third-order valence-electron chi connectivity index (χ3n) is 2.67. The Hall–Kier alpha value is -1.87. The molecular weight excluding hydrogens is 306 g/mol. The van der Waals surface area contributed by atoms with Crippen LogP contribution >= 0.6 is 15.9 Å². The first-order valence-electron chi connectivity index (χ1n) is 6.04. The molecule has 0 spiro atoms. The first-order chi connectivity index (χ1) is 9.24. The van der Waals surface area contributed by atoms with Gasteiger partial charge in [0.25, 0.3) is 0 Å². The van der Waals surface area contributed by atoms with E-state index >= 15 is 0 Å². The van der Waals surface area contributed by atoms with Crippen LogP contribution in [-0.2, 0) is 13.1 Å². The highest BCUT2D eigenvalue weighted by Gasteiger charge is 2.06. The maximum absolute atomic E-state index is 9.07. The van der Waals surface area contributed by atoms with Crippen LogP contribution in [0, 0.1) is 11.3 Å². The molecule has 2 rings (SSSR count). The quantitative estimate of drug-likeness (QED) is 0.920. The Bertz CT molecular complexity index is 599. The number of hydrogen-bond acceptors (Lipinski definition) is 4. The third kappa shape index (κ3) is 3.32. The van der Waals surface area contributed by atoms with Crippen LogP contribution < -0.4 is 5.32 Å². The molecule has 0 saturated heterocycles. The summed E-state index contributed by atoms with van der Waals surface area (Å²) < 4.78 is 2.81. The van der Waals surface area contributed by atoms with Gasteiger partial charge in [-0.05, 0) is 24.6 Å². The van der Waals surface area contributed by atoms with E-state index in [0.29, 0.717) is 12.1 Å². The monoisotopic (exact) mass is 319 g/mol. The second kappa shape index (κ2) is 6.34. The number of anilines is 1. The fourth-order valence-electron chi connectivity index (χ4n) is 1.76. The molecule has 1 N–H and O–H groups in total. The lowest BCUT2D eigenvalue weighted by Crippen LogP contribution is -2.10. The molecule has 2 aromatic rings. The smallest absolute Gasteiger partial charge is 0.146 e. The number of nitrogens with one attached hydrogen (secondary N) is 1. The Labute approximate surface area is 120 Å². The number of halogens is 1. The van der Waals surface area contributed by atoms with Gasteiger partial charge in [-0.3, -0.25) is 0 Å². The summed E-state index contributed by atoms with van der Waals surface area (Å²) in [5, 5.41) is 16.5. The first-order valence-corrected chi connectivity index (χ1v) is 6.84. The lowest BCUT2D eigenvalue weighted by atomic mass is 10.2. The predicted molar refractivity (Wildman–Crippen MR) is 76.5 cm³/mol. The highest BCUT2D eigenvalue weighted by Crippen LogP contribution is 2.21. The second-order valence-electron chi connectivity index (χ2n) is 4.05. The van der Waals surface area contributed by atoms with Crippen molar-refractivity contribution in [2.75, 3.05) is 5.32 Å². The van der Waals surface area contributed by atoms with Gasteiger partial charge >= 0.3 is 0 Å². The molecule has 0 aliphatic heterocycles. The zero-order valence-electron chi connectivity index (χ0n) is 10.6. The maximum Gasteiger partial charge on any atom is 0.146 e. The third-order valence-corrected chi connectivity index (χ3v) is 3.16. The number of benzene rings is 1. The van der Waals surface area contributed by atoms with Crippen LogP contribution in [0.2, 0.25) is 0 Å². The minimum atomic E-state index is 0.547. The van der Waals surface area contributed by atoms with Crippen LogP contribution in [0.5, 0.6) is 0 Å². The zero-order chi connectivity index (χ0) is 13.7. The maximum atomic E-state index is 9.07. The molecule has 6 heteroatoms. The van der Waals surface area contributed by atoms with E-state index in [1.807, 2.05) is 16.8 Å². The summed E-state index contributed by atoms with van der Waals surface area (Å²) in [6.45, 7) is 3.49. The van der Waals surface area contributed by atoms with Crippen LogP contribution in [0.3, 0.4) is 0 Å². The summed E-state index contributed by atoms with van der Waals surface area (Å²) in [4.78, 5) is 4.22. The molecule has 0 amide bonds. The van der Waals surface area contributed by atoms with Gasteiger partial charge in [0, 0.05) is 11.0 Å². The number of aryl methyl sites for hydroxylation is 1. The Balaban J connectivity index is 2.12. The summed E-state index contributed by atoms with van der Waals surface area (Å²) in [5.74, 6) is 0.866. The molecule has 0 fully saturated rings. The van der Waals surface area contributed by atoms with Gasteiger partial charge in [0.05, 0.1) is 17.8 Å². The Morgan fingerprint density at radius 1 is 1.47 bits per heavy atom. The van der Waals surface area contributed by atoms with E-state index in [-0.39, 0.29) is 0 Å². The van der Waals surface area contributed by atoms with E-state index in [1.165, 1.54) is 0 Å². The normalized spacial score (nSPS) is 10.2. The van der Waals surface area contributed by atoms with Crippen molar-refractivity contribution in [3.05, 3.63) is 40.4 Å². The van der Waals surface area contributed by atoms with Gasteiger partial charge < -0.3 is 5.32 Å². The van der Waals surface area contributed by atoms with Gasteiger partial charge in [-0.2, -0.15) is 10.4 Å². The van der Waals surface area contributed by atoms with Gasteiger partial charge in [-0.1, -0.05) is 22.9 Å². The number of rotatable bonds is 5. The van der Waals surface area contributed by atoms with Crippen molar-refractivity contribution in [1.82, 2.24) is 14.8 Å². The highest BCUT2D eigenvalue weighted by molar-refractivity contribution is 9.10. The summed E-state index contributed by atoms with van der Waals surface area (Å²) >= 11 is 3.40. The lowest BCUT2D eigenvalue weighted by molar-refractivity contribution is 0.574. The van der Waals surface area contributed by atoms with Crippen LogP contribution in [-0.4, -0.2) is 14.8 Å². The van der Waals surface area contributed by atoms with Gasteiger partial charge in [-0.25, -0.2) is 9.67 Å². The van der Waals surface area contributed by atoms with E-state index < -0.39 is 0 Å². The Morgan fingerprint density at radius 2 is 2.32 bits per heavy atom. The Kier molecular flexibility index (Phi) is 4.53. The number of aromatic nitrogens is 3. The predicted octanol–water partition coefficient (Wildman–Crippen LogP) is 2.93. The molecule has 1 heterocycles. The molecular formula is C13H14BrN5. The van der Waals surface area contributed by atoms with Crippen molar-refractivity contribution in [2.45, 2.75) is 26.4 Å². The van der Waals surface area contributed by atoms with Crippen molar-refractivity contribution in [3.8, 4) is 6.07 Å². The number of nitrogens with zero attached hydrogens (tertiary/aromatic N) is 4. The summed E-state index contributed by atoms with van der Waals surface area (Å²) in [6, 6.07) is 7.69. The molecule has 5 nitrogen and oxygen atoms in total. The van der Waals surface area contributed by atoms with Crippen molar-refractivity contribution in [3.63, 3.8) is 0 Å². The SMILES string of the molecule is CCCn1ncnc1CNc1cc(Br)ccc1C#N. The summed E-state index contributed by atoms with van der Waals surface area (Å²) in [5.41, 5.74) is 1.41. The van der Waals surface area contributed by atoms with E-state index in [2.05, 4.69) is 44.3 Å². The summed E-state index contributed by atoms with van der Waals surface area (Å²) in [6.07, 6.45) is 2.56. The highest BCUT2D eigenvalue weighted by atomic mass is 79.9. The van der Waals surface area contributed by atoms with E-state index in [4.69, 9.17) is 5.26 Å². The first kappa shape index (κ1) is 13.6. The zero-order valence-corrected chi connectivity index (χ0v) is 12.2. The minimum absolute atomic E-state index is 0.547. The molecule has 19 heavy (non-hydrogen) atoms. The molecule has 0 radical (unpaired) electrons. The Morgan fingerprint density at radius 3 is 3.05 bits per heavy atom. The molecule has 0 saturated carbocycles. The van der Waals surface area contributed by atoms with Crippen LogP contribution in [0.25, 0.3) is 0 Å². The molecule has 0 unspecified atom stereocenters. The van der Waals surface area contributed by atoms with Gasteiger partial charge in [-0.15, -0.1) is 0 Å². The largest absolute Gasteiger partial charge is 0.377 e. The second-order valence-corrected chi connectivity index (χ2v) is 4.97. The van der Waals surface area contributed by atoms with Gasteiger partial charge in [0.1, 0.15) is 18.2 Å². The fourth-order valence-corrected chi connectivity index (χ4v) is 2.12. The topological polar surface area (TPSA) is 66.5 Å². The summed E-state index contributed by atoms with van der Waals surface area (Å²) in [7, 11) is 0. The molecule has 1 aromatic carbocycles. The van der Waals surface area contributed by atoms with E-state index in [0.717, 1.165) is 29.0 Å². The molecule has 0 aliphatic rings. The van der Waals surface area contributed by atoms with Crippen molar-refractivity contribution in [2.24, 2.45) is 0 Å². The van der Waals surface area contributed by atoms with Crippen molar-refractivity contribution >= 4 is 21.6 Å². The van der Waals surface area contributed by atoms with Gasteiger partial charge in [0.2, 0.25) is 0 Å². The molecule has 1 aromatic heterocycles. The molecule has 98 valence electrons.